The molecule has 1 aliphatic heterocycles. The molecule has 0 radical (unpaired) electrons. The Morgan fingerprint density at radius 1 is 1.38 bits per heavy atom. The van der Waals surface area contributed by atoms with Crippen molar-refractivity contribution < 1.29 is 9.53 Å². The normalized spacial score (nSPS) is 25.7. The van der Waals surface area contributed by atoms with Crippen LogP contribution in [0.15, 0.2) is 43.0 Å². The lowest BCUT2D eigenvalue weighted by molar-refractivity contribution is -0.0228. The lowest BCUT2D eigenvalue weighted by Crippen LogP contribution is -2.48. The molecule has 0 saturated carbocycles. The molecule has 0 aliphatic carbocycles. The minimum atomic E-state index is -0.216. The van der Waals surface area contributed by atoms with Gasteiger partial charge in [0.2, 0.25) is 0 Å². The Labute approximate surface area is 133 Å². The van der Waals surface area contributed by atoms with E-state index in [0.717, 1.165) is 19.5 Å². The van der Waals surface area contributed by atoms with Gasteiger partial charge in [-0.1, -0.05) is 31.2 Å². The lowest BCUT2D eigenvalue weighted by Gasteiger charge is -2.40. The van der Waals surface area contributed by atoms with E-state index in [1.165, 1.54) is 0 Å². The summed E-state index contributed by atoms with van der Waals surface area (Å²) in [5.41, 5.74) is 0.626. The number of likely N-dealkylation sites (tertiary alicyclic amines) is 1. The molecule has 1 aromatic carbocycles. The molecular formula is C17H24ClNO2. The average Bonchev–Trinajstić information content (AvgIpc) is 2.45. The first-order chi connectivity index (χ1) is 9.61. The third-order valence-electron chi connectivity index (χ3n) is 3.99. The standard InChI is InChI=1S/C17H23NO2.ClH/c1-4-10-18-12-13(2)16(11-14(18)3)20-17(19)15-8-6-5-7-9-15;/h4-9,13-14,16H,1,10-12H2,2-3H3;1H. The van der Waals surface area contributed by atoms with Crippen molar-refractivity contribution in [1.82, 2.24) is 4.90 Å². The molecular weight excluding hydrogens is 286 g/mol. The minimum absolute atomic E-state index is 0. The molecule has 4 heteroatoms. The fraction of sp³-hybridized carbons (Fsp3) is 0.471. The molecule has 3 atom stereocenters. The van der Waals surface area contributed by atoms with E-state index in [9.17, 15) is 4.79 Å². The monoisotopic (exact) mass is 309 g/mol. The summed E-state index contributed by atoms with van der Waals surface area (Å²) in [7, 11) is 0. The van der Waals surface area contributed by atoms with Crippen LogP contribution in [0.1, 0.15) is 30.6 Å². The lowest BCUT2D eigenvalue weighted by atomic mass is 9.91. The van der Waals surface area contributed by atoms with E-state index >= 15 is 0 Å². The number of ether oxygens (including phenoxy) is 1. The van der Waals surface area contributed by atoms with Gasteiger partial charge in [0.25, 0.3) is 0 Å². The van der Waals surface area contributed by atoms with Gasteiger partial charge in [-0.3, -0.25) is 4.90 Å². The van der Waals surface area contributed by atoms with Gasteiger partial charge in [0.05, 0.1) is 5.56 Å². The molecule has 0 bridgehead atoms. The van der Waals surface area contributed by atoms with E-state index in [1.54, 1.807) is 12.1 Å². The smallest absolute Gasteiger partial charge is 0.338 e. The van der Waals surface area contributed by atoms with Crippen molar-refractivity contribution in [3.8, 4) is 0 Å². The van der Waals surface area contributed by atoms with Crippen LogP contribution < -0.4 is 0 Å². The van der Waals surface area contributed by atoms with Crippen LogP contribution >= 0.6 is 12.4 Å². The number of hydrogen-bond acceptors (Lipinski definition) is 3. The Morgan fingerprint density at radius 3 is 2.67 bits per heavy atom. The summed E-state index contributed by atoms with van der Waals surface area (Å²) < 4.78 is 5.70. The summed E-state index contributed by atoms with van der Waals surface area (Å²) >= 11 is 0. The van der Waals surface area contributed by atoms with Crippen molar-refractivity contribution in [2.24, 2.45) is 5.92 Å². The maximum atomic E-state index is 12.1. The van der Waals surface area contributed by atoms with E-state index in [1.807, 2.05) is 24.3 Å². The topological polar surface area (TPSA) is 29.5 Å². The Balaban J connectivity index is 0.00000220. The van der Waals surface area contributed by atoms with E-state index in [0.29, 0.717) is 17.5 Å². The molecule has 1 fully saturated rings. The molecule has 2 rings (SSSR count). The fourth-order valence-electron chi connectivity index (χ4n) is 2.75. The molecule has 1 aliphatic rings. The summed E-state index contributed by atoms with van der Waals surface area (Å²) in [5, 5.41) is 0. The van der Waals surface area contributed by atoms with Crippen LogP contribution in [0, 0.1) is 5.92 Å². The van der Waals surface area contributed by atoms with Crippen molar-refractivity contribution in [3.63, 3.8) is 0 Å². The van der Waals surface area contributed by atoms with E-state index in [-0.39, 0.29) is 24.5 Å². The van der Waals surface area contributed by atoms with Crippen molar-refractivity contribution >= 4 is 18.4 Å². The second-order valence-electron chi connectivity index (χ2n) is 5.61. The number of carbonyl (C=O) groups is 1. The summed E-state index contributed by atoms with van der Waals surface area (Å²) in [4.78, 5) is 14.5. The van der Waals surface area contributed by atoms with Gasteiger partial charge >= 0.3 is 5.97 Å². The highest BCUT2D eigenvalue weighted by Crippen LogP contribution is 2.25. The molecule has 21 heavy (non-hydrogen) atoms. The number of esters is 1. The molecule has 3 nitrogen and oxygen atoms in total. The molecule has 0 amide bonds. The summed E-state index contributed by atoms with van der Waals surface area (Å²) in [6.45, 7) is 9.96. The first kappa shape index (κ1) is 17.7. The second kappa shape index (κ2) is 8.20. The van der Waals surface area contributed by atoms with Gasteiger partial charge in [0, 0.05) is 31.5 Å². The second-order valence-corrected chi connectivity index (χ2v) is 5.61. The largest absolute Gasteiger partial charge is 0.458 e. The third kappa shape index (κ3) is 4.58. The number of rotatable bonds is 4. The first-order valence-corrected chi connectivity index (χ1v) is 7.22. The Hall–Kier alpha value is -1.32. The average molecular weight is 310 g/mol. The molecule has 3 unspecified atom stereocenters. The Bertz CT molecular complexity index is 463. The number of halogens is 1. The maximum absolute atomic E-state index is 12.1. The molecule has 0 N–H and O–H groups in total. The molecule has 0 aromatic heterocycles. The van der Waals surface area contributed by atoms with E-state index in [4.69, 9.17) is 4.74 Å². The van der Waals surface area contributed by atoms with Crippen LogP contribution in [0.4, 0.5) is 0 Å². The van der Waals surface area contributed by atoms with Gasteiger partial charge in [-0.05, 0) is 19.1 Å². The zero-order valence-corrected chi connectivity index (χ0v) is 13.5. The van der Waals surface area contributed by atoms with Crippen LogP contribution in [0.25, 0.3) is 0 Å². The summed E-state index contributed by atoms with van der Waals surface area (Å²) in [6, 6.07) is 9.62. The van der Waals surface area contributed by atoms with Crippen LogP contribution in [-0.2, 0) is 4.74 Å². The predicted molar refractivity (Wildman–Crippen MR) is 87.9 cm³/mol. The molecule has 0 spiro atoms. The number of carbonyl (C=O) groups excluding carboxylic acids is 1. The van der Waals surface area contributed by atoms with Crippen LogP contribution in [0.5, 0.6) is 0 Å². The summed E-state index contributed by atoms with van der Waals surface area (Å²) in [5.74, 6) is 0.130. The molecule has 1 saturated heterocycles. The highest BCUT2D eigenvalue weighted by Gasteiger charge is 2.32. The van der Waals surface area contributed by atoms with Crippen LogP contribution in [-0.4, -0.2) is 36.1 Å². The van der Waals surface area contributed by atoms with Crippen molar-refractivity contribution in [2.75, 3.05) is 13.1 Å². The van der Waals surface area contributed by atoms with Crippen LogP contribution in [0.3, 0.4) is 0 Å². The predicted octanol–water partition coefficient (Wildman–Crippen LogP) is 3.55. The number of benzene rings is 1. The van der Waals surface area contributed by atoms with Gasteiger partial charge in [0.15, 0.2) is 0 Å². The van der Waals surface area contributed by atoms with Gasteiger partial charge in [-0.2, -0.15) is 0 Å². The number of nitrogens with zero attached hydrogens (tertiary/aromatic N) is 1. The Kier molecular flexibility index (Phi) is 6.93. The highest BCUT2D eigenvalue weighted by molar-refractivity contribution is 5.89. The quantitative estimate of drug-likeness (QED) is 0.629. The molecule has 1 heterocycles. The fourth-order valence-corrected chi connectivity index (χ4v) is 2.75. The van der Waals surface area contributed by atoms with Crippen molar-refractivity contribution in [3.05, 3.63) is 48.6 Å². The van der Waals surface area contributed by atoms with Gasteiger partial charge in [-0.25, -0.2) is 4.79 Å². The van der Waals surface area contributed by atoms with Crippen LogP contribution in [0.2, 0.25) is 0 Å². The Morgan fingerprint density at radius 2 is 2.05 bits per heavy atom. The van der Waals surface area contributed by atoms with Crippen molar-refractivity contribution in [2.45, 2.75) is 32.4 Å². The number of hydrogen-bond donors (Lipinski definition) is 0. The molecule has 116 valence electrons. The SMILES string of the molecule is C=CCN1CC(C)C(OC(=O)c2ccccc2)CC1C.Cl. The zero-order valence-electron chi connectivity index (χ0n) is 12.7. The third-order valence-corrected chi connectivity index (χ3v) is 3.99. The first-order valence-electron chi connectivity index (χ1n) is 7.22. The van der Waals surface area contributed by atoms with Gasteiger partial charge < -0.3 is 4.74 Å². The van der Waals surface area contributed by atoms with Gasteiger partial charge in [-0.15, -0.1) is 19.0 Å². The maximum Gasteiger partial charge on any atom is 0.338 e. The summed E-state index contributed by atoms with van der Waals surface area (Å²) in [6.07, 6.45) is 2.81. The highest BCUT2D eigenvalue weighted by atomic mass is 35.5. The number of piperidine rings is 1. The molecule has 1 aromatic rings. The van der Waals surface area contributed by atoms with Gasteiger partial charge in [0.1, 0.15) is 6.10 Å². The van der Waals surface area contributed by atoms with Crippen molar-refractivity contribution in [1.29, 1.82) is 0 Å². The zero-order chi connectivity index (χ0) is 14.5. The van der Waals surface area contributed by atoms with E-state index in [2.05, 4.69) is 25.3 Å². The minimum Gasteiger partial charge on any atom is -0.458 e. The van der Waals surface area contributed by atoms with E-state index < -0.39 is 0 Å².